The van der Waals surface area contributed by atoms with E-state index in [1.807, 2.05) is 97.1 Å². The number of fused-ring (bicyclic) bond motifs is 10. The van der Waals surface area contributed by atoms with Crippen molar-refractivity contribution in [3.63, 3.8) is 0 Å². The van der Waals surface area contributed by atoms with Gasteiger partial charge in [0.25, 0.3) is 0 Å². The van der Waals surface area contributed by atoms with Crippen molar-refractivity contribution in [2.45, 2.75) is 0 Å². The number of hydrogen-bond acceptors (Lipinski definition) is 5. The highest BCUT2D eigenvalue weighted by Gasteiger charge is 2.24. The van der Waals surface area contributed by atoms with Crippen molar-refractivity contribution in [3.8, 4) is 45.7 Å². The third-order valence-corrected chi connectivity index (χ3v) is 11.6. The van der Waals surface area contributed by atoms with Gasteiger partial charge in [-0.3, -0.25) is 0 Å². The normalized spacial score (nSPS) is 11.6. The average Bonchev–Trinajstić information content (AvgIpc) is 3.93. The Kier molecular flexibility index (Phi) is 6.75. The van der Waals surface area contributed by atoms with Gasteiger partial charge in [-0.05, 0) is 48.0 Å². The van der Waals surface area contributed by atoms with Crippen molar-refractivity contribution in [1.82, 2.24) is 14.5 Å². The summed E-state index contributed by atoms with van der Waals surface area (Å²) >= 11 is 1.78. The summed E-state index contributed by atoms with van der Waals surface area (Å²) in [5.41, 5.74) is 8.20. The highest BCUT2D eigenvalue weighted by atomic mass is 32.1. The van der Waals surface area contributed by atoms with Crippen LogP contribution in [0.15, 0.2) is 156 Å². The summed E-state index contributed by atoms with van der Waals surface area (Å²) in [4.78, 5) is 14.3. The highest BCUT2D eigenvalue weighted by Crippen LogP contribution is 2.45. The van der Waals surface area contributed by atoms with E-state index in [2.05, 4.69) is 70.1 Å². The van der Waals surface area contributed by atoms with E-state index in [-0.39, 0.29) is 0 Å². The maximum atomic E-state index is 10.8. The highest BCUT2D eigenvalue weighted by molar-refractivity contribution is 7.26. The third-order valence-electron chi connectivity index (χ3n) is 10.5. The summed E-state index contributed by atoms with van der Waals surface area (Å²) in [6, 6.07) is 53.2. The summed E-state index contributed by atoms with van der Waals surface area (Å²) in [7, 11) is 0. The minimum absolute atomic E-state index is 0.332. The Morgan fingerprint density at radius 3 is 2.20 bits per heavy atom. The van der Waals surface area contributed by atoms with Crippen LogP contribution in [0, 0.1) is 17.9 Å². The first-order valence-electron chi connectivity index (χ1n) is 17.8. The minimum atomic E-state index is 0.332. The Hall–Kier alpha value is -7.58. The molecular weight excluding hydrogens is 695 g/mol. The molecule has 7 heteroatoms. The van der Waals surface area contributed by atoms with E-state index < -0.39 is 0 Å². The molecule has 11 aromatic rings. The molecule has 0 fully saturated rings. The Morgan fingerprint density at radius 2 is 1.36 bits per heavy atom. The summed E-state index contributed by atoms with van der Waals surface area (Å²) in [6.45, 7) is 8.53. The zero-order valence-electron chi connectivity index (χ0n) is 29.0. The summed E-state index contributed by atoms with van der Waals surface area (Å²) in [5.74, 6) is 0.431. The smallest absolute Gasteiger partial charge is 0.211 e. The number of nitrogens with zero attached hydrogens (tertiary/aromatic N) is 5. The van der Waals surface area contributed by atoms with Crippen molar-refractivity contribution in [1.29, 1.82) is 5.26 Å². The summed E-state index contributed by atoms with van der Waals surface area (Å²) in [6.07, 6.45) is 0. The fourth-order valence-corrected chi connectivity index (χ4v) is 9.20. The second-order valence-corrected chi connectivity index (χ2v) is 14.6. The number of nitriles is 1. The molecule has 0 spiro atoms. The van der Waals surface area contributed by atoms with Gasteiger partial charge in [0.05, 0.1) is 40.2 Å². The number of furan rings is 1. The van der Waals surface area contributed by atoms with Crippen LogP contribution < -0.4 is 0 Å². The minimum Gasteiger partial charge on any atom is -0.455 e. The van der Waals surface area contributed by atoms with E-state index in [0.717, 1.165) is 55.0 Å². The zero-order chi connectivity index (χ0) is 36.6. The molecule has 254 valence electrons. The van der Waals surface area contributed by atoms with E-state index in [9.17, 15) is 5.26 Å². The fourth-order valence-electron chi connectivity index (χ4n) is 8.09. The Balaban J connectivity index is 1.18. The van der Waals surface area contributed by atoms with Gasteiger partial charge in [0.15, 0.2) is 5.82 Å². The average molecular weight is 720 g/mol. The van der Waals surface area contributed by atoms with Gasteiger partial charge in [-0.1, -0.05) is 109 Å². The van der Waals surface area contributed by atoms with Crippen LogP contribution >= 0.6 is 11.3 Å². The molecule has 4 heterocycles. The van der Waals surface area contributed by atoms with E-state index >= 15 is 0 Å². The molecule has 0 radical (unpaired) electrons. The Bertz CT molecular complexity index is 3470. The molecule has 0 atom stereocenters. The molecule has 7 aromatic carbocycles. The Labute approximate surface area is 318 Å². The lowest BCUT2D eigenvalue weighted by Crippen LogP contribution is -2.02. The van der Waals surface area contributed by atoms with Crippen LogP contribution in [-0.4, -0.2) is 14.5 Å². The number of para-hydroxylation sites is 3. The van der Waals surface area contributed by atoms with Crippen LogP contribution in [0.25, 0.3) is 108 Å². The molecule has 0 aliphatic heterocycles. The zero-order valence-corrected chi connectivity index (χ0v) is 29.8. The summed E-state index contributed by atoms with van der Waals surface area (Å²) < 4.78 is 11.1. The van der Waals surface area contributed by atoms with Gasteiger partial charge in [-0.15, -0.1) is 11.3 Å². The number of benzene rings is 7. The van der Waals surface area contributed by atoms with Crippen LogP contribution in [0.4, 0.5) is 5.69 Å². The van der Waals surface area contributed by atoms with Crippen molar-refractivity contribution in [2.24, 2.45) is 0 Å². The second-order valence-electron chi connectivity index (χ2n) is 13.5. The first-order valence-corrected chi connectivity index (χ1v) is 18.7. The molecule has 0 bridgehead atoms. The van der Waals surface area contributed by atoms with Crippen molar-refractivity contribution in [2.75, 3.05) is 0 Å². The van der Waals surface area contributed by atoms with Gasteiger partial charge >= 0.3 is 0 Å². The number of aromatic nitrogens is 3. The number of thiophene rings is 1. The molecule has 0 saturated heterocycles. The van der Waals surface area contributed by atoms with Crippen LogP contribution in [0.1, 0.15) is 5.56 Å². The van der Waals surface area contributed by atoms with Gasteiger partial charge in [-0.25, -0.2) is 14.8 Å². The third kappa shape index (κ3) is 4.58. The Morgan fingerprint density at radius 1 is 0.636 bits per heavy atom. The largest absolute Gasteiger partial charge is 0.455 e. The predicted octanol–water partition coefficient (Wildman–Crippen LogP) is 13.3. The van der Waals surface area contributed by atoms with E-state index in [4.69, 9.17) is 21.0 Å². The molecule has 0 saturated carbocycles. The fraction of sp³-hybridized carbons (Fsp3) is 0. The molecule has 0 N–H and O–H groups in total. The van der Waals surface area contributed by atoms with Gasteiger partial charge in [-0.2, -0.15) is 5.26 Å². The van der Waals surface area contributed by atoms with Gasteiger partial charge in [0, 0.05) is 47.3 Å². The molecule has 0 aliphatic carbocycles. The molecule has 0 amide bonds. The number of hydrogen-bond donors (Lipinski definition) is 0. The van der Waals surface area contributed by atoms with Gasteiger partial charge < -0.3 is 8.98 Å². The first kappa shape index (κ1) is 31.0. The number of rotatable bonds is 4. The van der Waals surface area contributed by atoms with Crippen molar-refractivity contribution < 1.29 is 4.42 Å². The molecule has 0 unspecified atom stereocenters. The van der Waals surface area contributed by atoms with E-state index in [1.54, 1.807) is 11.3 Å². The standard InChI is InChI=1S/C48H25N5OS/c1-50-37-26-29(22-24-39(37)53-38-19-8-5-14-30(38)32-23-25-42-43(46(32)53)34-16-7-10-21-41(34)55-42)45-36(27-49)44(28-12-3-2-4-13-28)51-48(52-45)35-18-11-17-33-31-15-6-9-20-40(31)54-47(33)35/h2-26H. The van der Waals surface area contributed by atoms with E-state index in [1.165, 1.54) is 20.2 Å². The van der Waals surface area contributed by atoms with Crippen LogP contribution in [0.3, 0.4) is 0 Å². The van der Waals surface area contributed by atoms with E-state index in [0.29, 0.717) is 39.6 Å². The van der Waals surface area contributed by atoms with Crippen molar-refractivity contribution in [3.05, 3.63) is 169 Å². The first-order chi connectivity index (χ1) is 27.2. The molecule has 11 rings (SSSR count). The maximum absolute atomic E-state index is 10.8. The topological polar surface area (TPSA) is 72.0 Å². The second kappa shape index (κ2) is 12.0. The van der Waals surface area contributed by atoms with Gasteiger partial charge in [0.2, 0.25) is 5.69 Å². The quantitative estimate of drug-likeness (QED) is 0.170. The van der Waals surface area contributed by atoms with Crippen molar-refractivity contribution >= 4 is 80.9 Å². The van der Waals surface area contributed by atoms with Crippen LogP contribution in [0.2, 0.25) is 0 Å². The lowest BCUT2D eigenvalue weighted by atomic mass is 9.99. The molecule has 4 aromatic heterocycles. The van der Waals surface area contributed by atoms with Crippen LogP contribution in [0.5, 0.6) is 0 Å². The predicted molar refractivity (Wildman–Crippen MR) is 224 cm³/mol. The monoisotopic (exact) mass is 719 g/mol. The molecule has 0 aliphatic rings. The maximum Gasteiger partial charge on any atom is 0.211 e. The lowest BCUT2D eigenvalue weighted by molar-refractivity contribution is 0.669. The molecule has 6 nitrogen and oxygen atoms in total. The summed E-state index contributed by atoms with van der Waals surface area (Å²) in [5, 5.41) is 17.4. The molecule has 55 heavy (non-hydrogen) atoms. The SMILES string of the molecule is [C-]#[N+]c1cc(-c2nc(-c3cccc4c3oc3ccccc34)nc(-c3ccccc3)c2C#N)ccc1-n1c2ccccc2c2ccc3sc4ccccc4c3c21. The molecular formula is C48H25N5OS. The lowest BCUT2D eigenvalue weighted by Gasteiger charge is -2.15. The van der Waals surface area contributed by atoms with Gasteiger partial charge in [0.1, 0.15) is 22.8 Å². The van der Waals surface area contributed by atoms with Crippen LogP contribution in [-0.2, 0) is 0 Å².